The van der Waals surface area contributed by atoms with E-state index in [9.17, 15) is 4.79 Å². The number of likely N-dealkylation sites (tertiary alicyclic amines) is 1. The molecule has 0 aromatic carbocycles. The maximum Gasteiger partial charge on any atom is 0.225 e. The van der Waals surface area contributed by atoms with Crippen LogP contribution in [0.2, 0.25) is 0 Å². The number of carbonyl (C=O) groups is 1. The van der Waals surface area contributed by atoms with Gasteiger partial charge in [0.15, 0.2) is 0 Å². The molecule has 1 aliphatic heterocycles. The van der Waals surface area contributed by atoms with Crippen molar-refractivity contribution in [3.05, 3.63) is 0 Å². The number of amides is 1. The number of nitrogens with zero attached hydrogens (tertiary/aromatic N) is 1. The normalized spacial score (nSPS) is 26.1. The minimum atomic E-state index is 0. The summed E-state index contributed by atoms with van der Waals surface area (Å²) in [6.07, 6.45) is 8.48. The Morgan fingerprint density at radius 2 is 2.00 bits per heavy atom. The average Bonchev–Trinajstić information content (AvgIpc) is 2.96. The van der Waals surface area contributed by atoms with E-state index in [2.05, 4.69) is 6.92 Å². The Bertz CT molecular complexity index is 267. The summed E-state index contributed by atoms with van der Waals surface area (Å²) in [5, 5.41) is 0. The van der Waals surface area contributed by atoms with Gasteiger partial charge in [-0.15, -0.1) is 12.4 Å². The first-order valence-electron chi connectivity index (χ1n) is 7.25. The van der Waals surface area contributed by atoms with Crippen molar-refractivity contribution in [2.24, 2.45) is 17.6 Å². The molecule has 0 spiro atoms. The average molecular weight is 275 g/mol. The zero-order valence-electron chi connectivity index (χ0n) is 11.4. The number of hydrogen-bond acceptors (Lipinski definition) is 2. The Labute approximate surface area is 117 Å². The van der Waals surface area contributed by atoms with Crippen molar-refractivity contribution in [3.8, 4) is 0 Å². The third-order valence-electron chi connectivity index (χ3n) is 4.47. The fraction of sp³-hybridized carbons (Fsp3) is 0.929. The van der Waals surface area contributed by atoms with E-state index in [1.165, 1.54) is 25.7 Å². The van der Waals surface area contributed by atoms with Crippen LogP contribution in [-0.4, -0.2) is 29.9 Å². The van der Waals surface area contributed by atoms with Gasteiger partial charge in [0.25, 0.3) is 0 Å². The van der Waals surface area contributed by atoms with Crippen molar-refractivity contribution in [3.63, 3.8) is 0 Å². The van der Waals surface area contributed by atoms with Crippen molar-refractivity contribution in [1.82, 2.24) is 4.90 Å². The van der Waals surface area contributed by atoms with E-state index < -0.39 is 0 Å². The Morgan fingerprint density at radius 1 is 1.33 bits per heavy atom. The first kappa shape index (κ1) is 15.8. The number of carbonyl (C=O) groups excluding carboxylic acids is 1. The first-order chi connectivity index (χ1) is 8.20. The molecule has 1 aliphatic carbocycles. The van der Waals surface area contributed by atoms with Gasteiger partial charge >= 0.3 is 0 Å². The van der Waals surface area contributed by atoms with Crippen LogP contribution in [0.15, 0.2) is 0 Å². The predicted molar refractivity (Wildman–Crippen MR) is 76.8 cm³/mol. The molecule has 1 amide bonds. The molecule has 2 rings (SSSR count). The van der Waals surface area contributed by atoms with Gasteiger partial charge in [-0.1, -0.05) is 32.6 Å². The minimum Gasteiger partial charge on any atom is -0.341 e. The summed E-state index contributed by atoms with van der Waals surface area (Å²) in [5.74, 6) is 1.43. The van der Waals surface area contributed by atoms with E-state index in [-0.39, 0.29) is 24.4 Å². The first-order valence-corrected chi connectivity index (χ1v) is 7.25. The van der Waals surface area contributed by atoms with Crippen LogP contribution in [0.3, 0.4) is 0 Å². The minimum absolute atomic E-state index is 0. The van der Waals surface area contributed by atoms with E-state index in [1.54, 1.807) is 0 Å². The lowest BCUT2D eigenvalue weighted by atomic mass is 9.90. The van der Waals surface area contributed by atoms with Crippen LogP contribution in [0.5, 0.6) is 0 Å². The number of nitrogens with two attached hydrogens (primary N) is 1. The number of halogens is 1. The maximum atomic E-state index is 12.4. The summed E-state index contributed by atoms with van der Waals surface area (Å²) in [4.78, 5) is 14.4. The molecule has 1 saturated heterocycles. The highest BCUT2D eigenvalue weighted by Crippen LogP contribution is 2.32. The lowest BCUT2D eigenvalue weighted by molar-refractivity contribution is -0.135. The molecule has 1 saturated carbocycles. The fourth-order valence-electron chi connectivity index (χ4n) is 3.34. The Morgan fingerprint density at radius 3 is 2.50 bits per heavy atom. The van der Waals surface area contributed by atoms with Crippen molar-refractivity contribution < 1.29 is 4.79 Å². The summed E-state index contributed by atoms with van der Waals surface area (Å²) in [5.41, 5.74) is 5.87. The lowest BCUT2D eigenvalue weighted by Crippen LogP contribution is -2.36. The molecule has 1 unspecified atom stereocenters. The van der Waals surface area contributed by atoms with Gasteiger partial charge in [-0.3, -0.25) is 4.79 Å². The summed E-state index contributed by atoms with van der Waals surface area (Å²) >= 11 is 0. The fourth-order valence-corrected chi connectivity index (χ4v) is 3.34. The molecular weight excluding hydrogens is 248 g/mol. The zero-order chi connectivity index (χ0) is 12.3. The Hall–Kier alpha value is -0.280. The molecule has 3 nitrogen and oxygen atoms in total. The lowest BCUT2D eigenvalue weighted by Gasteiger charge is -2.24. The van der Waals surface area contributed by atoms with Crippen molar-refractivity contribution >= 4 is 18.3 Å². The van der Waals surface area contributed by atoms with Crippen LogP contribution in [0.4, 0.5) is 0 Å². The second-order valence-corrected chi connectivity index (χ2v) is 5.82. The largest absolute Gasteiger partial charge is 0.341 e. The molecule has 0 radical (unpaired) electrons. The molecule has 0 bridgehead atoms. The smallest absolute Gasteiger partial charge is 0.225 e. The van der Waals surface area contributed by atoms with Crippen molar-refractivity contribution in [1.29, 1.82) is 0 Å². The third kappa shape index (κ3) is 3.86. The van der Waals surface area contributed by atoms with E-state index >= 15 is 0 Å². The molecule has 2 fully saturated rings. The maximum absolute atomic E-state index is 12.4. The summed E-state index contributed by atoms with van der Waals surface area (Å²) < 4.78 is 0. The summed E-state index contributed by atoms with van der Waals surface area (Å²) in [6, 6.07) is 0.211. The van der Waals surface area contributed by atoms with E-state index in [1.807, 2.05) is 4.90 Å². The molecule has 18 heavy (non-hydrogen) atoms. The highest BCUT2D eigenvalue weighted by molar-refractivity contribution is 5.85. The van der Waals surface area contributed by atoms with Gasteiger partial charge in [0.1, 0.15) is 0 Å². The molecule has 2 N–H and O–H groups in total. The molecule has 0 aromatic rings. The van der Waals surface area contributed by atoms with Gasteiger partial charge in [0.05, 0.1) is 0 Å². The standard InChI is InChI=1S/C14H26N2O.ClH/c1-2-12(9-11-5-3-4-6-11)14(17)16-8-7-13(15)10-16;/h11-13H,2-10,15H2,1H3;1H/t12?,13-;/m1./s1. The van der Waals surface area contributed by atoms with Gasteiger partial charge in [0.2, 0.25) is 5.91 Å². The van der Waals surface area contributed by atoms with Gasteiger partial charge in [0, 0.05) is 25.0 Å². The topological polar surface area (TPSA) is 46.3 Å². The van der Waals surface area contributed by atoms with Gasteiger partial charge in [-0.05, 0) is 25.2 Å². The predicted octanol–water partition coefficient (Wildman–Crippen LogP) is 2.57. The van der Waals surface area contributed by atoms with Crippen molar-refractivity contribution in [2.75, 3.05) is 13.1 Å². The van der Waals surface area contributed by atoms with Crippen LogP contribution >= 0.6 is 12.4 Å². The molecule has 106 valence electrons. The van der Waals surface area contributed by atoms with E-state index in [4.69, 9.17) is 5.73 Å². The van der Waals surface area contributed by atoms with Gasteiger partial charge < -0.3 is 10.6 Å². The summed E-state index contributed by atoms with van der Waals surface area (Å²) in [7, 11) is 0. The molecule has 2 aliphatic rings. The van der Waals surface area contributed by atoms with Crippen LogP contribution in [0.25, 0.3) is 0 Å². The Balaban J connectivity index is 0.00000162. The van der Waals surface area contributed by atoms with Crippen molar-refractivity contribution in [2.45, 2.75) is 57.9 Å². The van der Waals surface area contributed by atoms with Crippen LogP contribution in [-0.2, 0) is 4.79 Å². The third-order valence-corrected chi connectivity index (χ3v) is 4.47. The van der Waals surface area contributed by atoms with Crippen LogP contribution in [0, 0.1) is 11.8 Å². The Kier molecular flexibility index (Phi) is 6.44. The summed E-state index contributed by atoms with van der Waals surface area (Å²) in [6.45, 7) is 3.80. The molecule has 2 atom stereocenters. The SMILES string of the molecule is CCC(CC1CCCC1)C(=O)N1CC[C@@H](N)C1.Cl. The number of rotatable bonds is 4. The van der Waals surface area contributed by atoms with Crippen LogP contribution in [0.1, 0.15) is 51.9 Å². The van der Waals surface area contributed by atoms with Crippen LogP contribution < -0.4 is 5.73 Å². The van der Waals surface area contributed by atoms with E-state index in [0.717, 1.165) is 38.3 Å². The zero-order valence-corrected chi connectivity index (χ0v) is 12.3. The highest BCUT2D eigenvalue weighted by Gasteiger charge is 2.30. The molecule has 1 heterocycles. The molecule has 0 aromatic heterocycles. The van der Waals surface area contributed by atoms with Gasteiger partial charge in [-0.2, -0.15) is 0 Å². The van der Waals surface area contributed by atoms with E-state index in [0.29, 0.717) is 5.91 Å². The monoisotopic (exact) mass is 274 g/mol. The van der Waals surface area contributed by atoms with Gasteiger partial charge in [-0.25, -0.2) is 0 Å². The second-order valence-electron chi connectivity index (χ2n) is 5.82. The number of hydrogen-bond donors (Lipinski definition) is 1. The second kappa shape index (κ2) is 7.34. The molecule has 4 heteroatoms. The molecular formula is C14H27ClN2O. The quantitative estimate of drug-likeness (QED) is 0.856. The highest BCUT2D eigenvalue weighted by atomic mass is 35.5.